The minimum absolute atomic E-state index is 0.145. The summed E-state index contributed by atoms with van der Waals surface area (Å²) in [5, 5.41) is 19.3. The molecule has 0 radical (unpaired) electrons. The zero-order chi connectivity index (χ0) is 24.0. The van der Waals surface area contributed by atoms with Gasteiger partial charge in [-0.1, -0.05) is 41.5 Å². The van der Waals surface area contributed by atoms with Crippen molar-refractivity contribution < 1.29 is 29.1 Å². The summed E-state index contributed by atoms with van der Waals surface area (Å²) < 4.78 is 0. The largest absolute Gasteiger partial charge is 0.465 e. The Balaban J connectivity index is 2.96. The standard InChI is InChI=1S/C21H36N4O6/c1-20(2,3)10-14(24-18(29)15(21(4,5)6)25-19(30)31)17(28)23-13(11-26)9-12-7-8-22-16(12)27/h11-15,25H,7-10H2,1-6H3,(H,22,27)(H,23,28)(H,24,29)(H,30,31)/t12-,13?,14?,15?/m0/s1. The third-order valence-corrected chi connectivity index (χ3v) is 5.04. The van der Waals surface area contributed by atoms with Gasteiger partial charge in [-0.2, -0.15) is 0 Å². The Bertz CT molecular complexity index is 695. The lowest BCUT2D eigenvalue weighted by molar-refractivity contribution is -0.133. The van der Waals surface area contributed by atoms with Crippen LogP contribution >= 0.6 is 0 Å². The summed E-state index contributed by atoms with van der Waals surface area (Å²) in [5.74, 6) is -1.68. The normalized spacial score (nSPS) is 19.5. The van der Waals surface area contributed by atoms with Gasteiger partial charge in [0.05, 0.1) is 6.04 Å². The second-order valence-corrected chi connectivity index (χ2v) is 10.3. The first-order valence-electron chi connectivity index (χ1n) is 10.5. The highest BCUT2D eigenvalue weighted by atomic mass is 16.4. The van der Waals surface area contributed by atoms with E-state index in [2.05, 4.69) is 21.3 Å². The van der Waals surface area contributed by atoms with E-state index < -0.39 is 41.4 Å². The van der Waals surface area contributed by atoms with Crippen molar-refractivity contribution >= 4 is 30.1 Å². The first-order chi connectivity index (χ1) is 14.1. The highest BCUT2D eigenvalue weighted by Gasteiger charge is 2.37. The molecule has 5 N–H and O–H groups in total. The molecule has 0 aromatic rings. The van der Waals surface area contributed by atoms with E-state index in [1.165, 1.54) is 0 Å². The molecule has 10 heteroatoms. The Morgan fingerprint density at radius 3 is 2.13 bits per heavy atom. The zero-order valence-corrected chi connectivity index (χ0v) is 19.2. The van der Waals surface area contributed by atoms with Gasteiger partial charge in [0.2, 0.25) is 17.7 Å². The molecule has 1 fully saturated rings. The van der Waals surface area contributed by atoms with Gasteiger partial charge in [-0.3, -0.25) is 14.4 Å². The number of aldehydes is 1. The molecule has 1 rings (SSSR count). The Morgan fingerprint density at radius 1 is 1.10 bits per heavy atom. The molecule has 10 nitrogen and oxygen atoms in total. The fraction of sp³-hybridized carbons (Fsp3) is 0.762. The number of rotatable bonds is 9. The Labute approximate surface area is 183 Å². The molecule has 0 aliphatic carbocycles. The van der Waals surface area contributed by atoms with Gasteiger partial charge in [0.15, 0.2) is 0 Å². The van der Waals surface area contributed by atoms with E-state index in [-0.39, 0.29) is 30.1 Å². The summed E-state index contributed by atoms with van der Waals surface area (Å²) >= 11 is 0. The molecule has 0 aromatic heterocycles. The van der Waals surface area contributed by atoms with Crippen LogP contribution < -0.4 is 21.3 Å². The van der Waals surface area contributed by atoms with E-state index >= 15 is 0 Å². The minimum Gasteiger partial charge on any atom is -0.465 e. The van der Waals surface area contributed by atoms with Gasteiger partial charge in [-0.05, 0) is 30.1 Å². The molecule has 4 amide bonds. The van der Waals surface area contributed by atoms with Crippen molar-refractivity contribution in [3.63, 3.8) is 0 Å². The van der Waals surface area contributed by atoms with Crippen molar-refractivity contribution in [1.82, 2.24) is 21.3 Å². The fourth-order valence-electron chi connectivity index (χ4n) is 3.48. The van der Waals surface area contributed by atoms with Gasteiger partial charge >= 0.3 is 6.09 Å². The molecule has 1 heterocycles. The topological polar surface area (TPSA) is 154 Å². The Hall–Kier alpha value is -2.65. The van der Waals surface area contributed by atoms with Gasteiger partial charge in [-0.25, -0.2) is 4.79 Å². The monoisotopic (exact) mass is 440 g/mol. The van der Waals surface area contributed by atoms with E-state index in [0.717, 1.165) is 0 Å². The molecule has 0 saturated carbocycles. The van der Waals surface area contributed by atoms with E-state index in [0.29, 0.717) is 19.3 Å². The van der Waals surface area contributed by atoms with Gasteiger partial charge in [0.1, 0.15) is 18.4 Å². The first-order valence-corrected chi connectivity index (χ1v) is 10.5. The van der Waals surface area contributed by atoms with Crippen LogP contribution in [0.3, 0.4) is 0 Å². The number of carbonyl (C=O) groups excluding carboxylic acids is 4. The van der Waals surface area contributed by atoms with Gasteiger partial charge in [0, 0.05) is 12.5 Å². The lowest BCUT2D eigenvalue weighted by Crippen LogP contribution is -2.59. The zero-order valence-electron chi connectivity index (χ0n) is 19.2. The molecule has 1 aliphatic rings. The van der Waals surface area contributed by atoms with Crippen molar-refractivity contribution in [2.75, 3.05) is 6.54 Å². The summed E-state index contributed by atoms with van der Waals surface area (Å²) in [6, 6.07) is -2.92. The minimum atomic E-state index is -1.34. The Kier molecular flexibility index (Phi) is 9.01. The predicted molar refractivity (Wildman–Crippen MR) is 114 cm³/mol. The summed E-state index contributed by atoms with van der Waals surface area (Å²) in [6.07, 6.45) is 0.285. The van der Waals surface area contributed by atoms with Crippen LogP contribution in [0.25, 0.3) is 0 Å². The first kappa shape index (κ1) is 26.4. The van der Waals surface area contributed by atoms with Crippen molar-refractivity contribution in [2.45, 2.75) is 78.9 Å². The Morgan fingerprint density at radius 2 is 1.71 bits per heavy atom. The molecular weight excluding hydrogens is 404 g/mol. The van der Waals surface area contributed by atoms with Crippen molar-refractivity contribution in [3.8, 4) is 0 Å². The molecule has 3 unspecified atom stereocenters. The second-order valence-electron chi connectivity index (χ2n) is 10.3. The van der Waals surface area contributed by atoms with Gasteiger partial charge in [-0.15, -0.1) is 0 Å². The maximum Gasteiger partial charge on any atom is 0.405 e. The molecule has 0 bridgehead atoms. The number of hydrogen-bond donors (Lipinski definition) is 5. The van der Waals surface area contributed by atoms with Crippen LogP contribution in [0.5, 0.6) is 0 Å². The van der Waals surface area contributed by atoms with E-state index in [1.807, 2.05) is 20.8 Å². The average molecular weight is 441 g/mol. The molecular formula is C21H36N4O6. The van der Waals surface area contributed by atoms with Crippen LogP contribution in [0, 0.1) is 16.7 Å². The summed E-state index contributed by atoms with van der Waals surface area (Å²) in [5.41, 5.74) is -1.07. The van der Waals surface area contributed by atoms with E-state index in [9.17, 15) is 24.0 Å². The number of hydrogen-bond acceptors (Lipinski definition) is 5. The highest BCUT2D eigenvalue weighted by molar-refractivity contribution is 5.92. The molecule has 1 aliphatic heterocycles. The summed E-state index contributed by atoms with van der Waals surface area (Å²) in [6.45, 7) is 11.4. The van der Waals surface area contributed by atoms with Crippen molar-refractivity contribution in [2.24, 2.45) is 16.7 Å². The SMILES string of the molecule is CC(C)(C)CC(NC(=O)C(NC(=O)O)C(C)(C)C)C(=O)NC(C=O)C[C@@H]1CCNC1=O. The number of carboxylic acid groups (broad SMARTS) is 1. The summed E-state index contributed by atoms with van der Waals surface area (Å²) in [7, 11) is 0. The number of amides is 4. The molecule has 176 valence electrons. The number of carbonyl (C=O) groups is 5. The maximum atomic E-state index is 13.0. The maximum absolute atomic E-state index is 13.0. The highest BCUT2D eigenvalue weighted by Crippen LogP contribution is 2.23. The molecule has 1 saturated heterocycles. The van der Waals surface area contributed by atoms with Crippen LogP contribution in [0.15, 0.2) is 0 Å². The number of nitrogens with one attached hydrogen (secondary N) is 4. The lowest BCUT2D eigenvalue weighted by atomic mass is 9.84. The smallest absolute Gasteiger partial charge is 0.405 e. The molecule has 0 spiro atoms. The fourth-order valence-corrected chi connectivity index (χ4v) is 3.48. The van der Waals surface area contributed by atoms with Gasteiger partial charge < -0.3 is 31.2 Å². The summed E-state index contributed by atoms with van der Waals surface area (Å²) in [4.78, 5) is 60.3. The van der Waals surface area contributed by atoms with Crippen molar-refractivity contribution in [1.29, 1.82) is 0 Å². The van der Waals surface area contributed by atoms with Gasteiger partial charge in [0.25, 0.3) is 0 Å². The second kappa shape index (κ2) is 10.6. The van der Waals surface area contributed by atoms with Crippen molar-refractivity contribution in [3.05, 3.63) is 0 Å². The predicted octanol–water partition coefficient (Wildman–Crippen LogP) is 0.800. The lowest BCUT2D eigenvalue weighted by Gasteiger charge is -2.32. The van der Waals surface area contributed by atoms with Crippen LogP contribution in [0.2, 0.25) is 0 Å². The average Bonchev–Trinajstić information content (AvgIpc) is 3.00. The quantitative estimate of drug-likeness (QED) is 0.334. The third kappa shape index (κ3) is 8.94. The van der Waals surface area contributed by atoms with Crippen LogP contribution in [0.4, 0.5) is 4.79 Å². The molecule has 31 heavy (non-hydrogen) atoms. The van der Waals surface area contributed by atoms with E-state index in [4.69, 9.17) is 5.11 Å². The van der Waals surface area contributed by atoms with Crippen LogP contribution in [0.1, 0.15) is 60.8 Å². The van der Waals surface area contributed by atoms with Crippen LogP contribution in [-0.2, 0) is 19.2 Å². The van der Waals surface area contributed by atoms with Crippen LogP contribution in [-0.4, -0.2) is 59.9 Å². The van der Waals surface area contributed by atoms with E-state index in [1.54, 1.807) is 20.8 Å². The third-order valence-electron chi connectivity index (χ3n) is 5.04. The molecule has 0 aromatic carbocycles. The molecule has 4 atom stereocenters.